The predicted molar refractivity (Wildman–Crippen MR) is 130 cm³/mol. The van der Waals surface area contributed by atoms with Gasteiger partial charge in [-0.25, -0.2) is 9.59 Å². The van der Waals surface area contributed by atoms with E-state index in [-0.39, 0.29) is 51.1 Å². The van der Waals surface area contributed by atoms with Crippen LogP contribution in [0.4, 0.5) is 9.59 Å². The molecule has 3 N–H and O–H groups in total. The molecule has 0 fully saturated rings. The number of hydrogen-bond acceptors (Lipinski definition) is 10. The highest BCUT2D eigenvalue weighted by atomic mass is 16.6. The number of amides is 3. The van der Waals surface area contributed by atoms with Crippen molar-refractivity contribution in [2.45, 2.75) is 39.2 Å². The number of unbranched alkanes of at least 4 members (excludes halogenated alkanes) is 1. The Morgan fingerprint density at radius 3 is 1.81 bits per heavy atom. The Labute approximate surface area is 213 Å². The zero-order chi connectivity index (χ0) is 27.0. The maximum Gasteiger partial charge on any atom is 0.407 e. The van der Waals surface area contributed by atoms with E-state index in [1.807, 2.05) is 0 Å². The van der Waals surface area contributed by atoms with Gasteiger partial charge in [0, 0.05) is 26.7 Å². The lowest BCUT2D eigenvalue weighted by atomic mass is 10.1. The van der Waals surface area contributed by atoms with E-state index in [0.717, 1.165) is 0 Å². The third kappa shape index (κ3) is 19.8. The molecule has 0 aromatic heterocycles. The molecule has 0 saturated carbocycles. The largest absolute Gasteiger partial charge is 0.447 e. The summed E-state index contributed by atoms with van der Waals surface area (Å²) in [6.45, 7) is 5.97. The second kappa shape index (κ2) is 23.0. The van der Waals surface area contributed by atoms with Gasteiger partial charge in [-0.3, -0.25) is 9.59 Å². The van der Waals surface area contributed by atoms with Crippen LogP contribution in [-0.4, -0.2) is 110 Å². The molecular weight excluding hydrogens is 478 g/mol. The number of ether oxygens (including phenoxy) is 6. The molecule has 0 bridgehead atoms. The number of alkyl carbamates (subject to hydrolysis) is 2. The van der Waals surface area contributed by atoms with E-state index in [4.69, 9.17) is 28.4 Å². The topological polar surface area (TPSA) is 160 Å². The van der Waals surface area contributed by atoms with Gasteiger partial charge in [-0.2, -0.15) is 0 Å². The lowest BCUT2D eigenvalue weighted by Gasteiger charge is -2.18. The fourth-order valence-corrected chi connectivity index (χ4v) is 2.54. The molecule has 0 rings (SSSR count). The van der Waals surface area contributed by atoms with Gasteiger partial charge in [0.25, 0.3) is 0 Å². The van der Waals surface area contributed by atoms with Crippen molar-refractivity contribution >= 4 is 23.9 Å². The number of hydrogen-bond donors (Lipinski definition) is 3. The van der Waals surface area contributed by atoms with Crippen LogP contribution in [0.25, 0.3) is 0 Å². The van der Waals surface area contributed by atoms with Crippen LogP contribution < -0.4 is 16.0 Å². The van der Waals surface area contributed by atoms with Gasteiger partial charge in [0.05, 0.1) is 46.2 Å². The van der Waals surface area contributed by atoms with Gasteiger partial charge in [0.15, 0.2) is 5.78 Å². The Bertz CT molecular complexity index is 619. The Morgan fingerprint density at radius 1 is 0.694 bits per heavy atom. The minimum absolute atomic E-state index is 0.0131. The summed E-state index contributed by atoms with van der Waals surface area (Å²) in [4.78, 5) is 48.2. The van der Waals surface area contributed by atoms with Crippen molar-refractivity contribution in [1.29, 1.82) is 0 Å². The van der Waals surface area contributed by atoms with Crippen molar-refractivity contribution in [2.24, 2.45) is 5.92 Å². The van der Waals surface area contributed by atoms with Crippen molar-refractivity contribution in [3.05, 3.63) is 0 Å². The molecule has 3 amide bonds. The first-order chi connectivity index (χ1) is 17.3. The summed E-state index contributed by atoms with van der Waals surface area (Å²) >= 11 is 0. The normalized spacial score (nSPS) is 11.6. The summed E-state index contributed by atoms with van der Waals surface area (Å²) in [5.41, 5.74) is 0. The fraction of sp³-hybridized carbons (Fsp3) is 0.826. The van der Waals surface area contributed by atoms with Crippen LogP contribution >= 0.6 is 0 Å². The lowest BCUT2D eigenvalue weighted by Crippen LogP contribution is -2.48. The molecule has 0 spiro atoms. The van der Waals surface area contributed by atoms with Gasteiger partial charge in [0.2, 0.25) is 5.91 Å². The highest BCUT2D eigenvalue weighted by Crippen LogP contribution is 2.03. The van der Waals surface area contributed by atoms with E-state index in [2.05, 4.69) is 16.0 Å². The first-order valence-corrected chi connectivity index (χ1v) is 12.1. The smallest absolute Gasteiger partial charge is 0.407 e. The molecule has 0 aliphatic rings. The van der Waals surface area contributed by atoms with Crippen LogP contribution in [0.5, 0.6) is 0 Å². The highest BCUT2D eigenvalue weighted by Gasteiger charge is 2.22. The summed E-state index contributed by atoms with van der Waals surface area (Å²) in [5, 5.41) is 7.68. The molecule has 0 radical (unpaired) electrons. The number of methoxy groups -OCH3 is 2. The van der Waals surface area contributed by atoms with Gasteiger partial charge in [0.1, 0.15) is 19.3 Å². The lowest BCUT2D eigenvalue weighted by molar-refractivity contribution is -0.127. The van der Waals surface area contributed by atoms with Gasteiger partial charge < -0.3 is 44.4 Å². The van der Waals surface area contributed by atoms with E-state index in [1.165, 1.54) is 0 Å². The van der Waals surface area contributed by atoms with E-state index in [0.29, 0.717) is 45.8 Å². The standard InChI is InChI=1S/C23H43N3O10/c1-18(2)20(27)17-25-21(28)19(26-23(30)36-16-14-34-12-10-32-4)7-5-6-8-24-22(29)35-15-13-33-11-9-31-3/h18-19H,5-17H2,1-4H3,(H,24,29)(H,25,28)(H,26,30). The number of rotatable bonds is 22. The number of carbonyl (C=O) groups is 4. The maximum absolute atomic E-state index is 12.6. The molecule has 36 heavy (non-hydrogen) atoms. The average molecular weight is 522 g/mol. The number of carbonyl (C=O) groups excluding carboxylic acids is 4. The van der Waals surface area contributed by atoms with E-state index in [9.17, 15) is 19.2 Å². The molecule has 0 aliphatic carbocycles. The van der Waals surface area contributed by atoms with E-state index >= 15 is 0 Å². The quantitative estimate of drug-likeness (QED) is 0.173. The van der Waals surface area contributed by atoms with Crippen LogP contribution in [0.3, 0.4) is 0 Å². The van der Waals surface area contributed by atoms with Crippen LogP contribution in [-0.2, 0) is 38.0 Å². The maximum atomic E-state index is 12.6. The fourth-order valence-electron chi connectivity index (χ4n) is 2.54. The second-order valence-electron chi connectivity index (χ2n) is 7.94. The van der Waals surface area contributed by atoms with Crippen molar-refractivity contribution in [3.8, 4) is 0 Å². The van der Waals surface area contributed by atoms with Gasteiger partial charge in [-0.1, -0.05) is 13.8 Å². The van der Waals surface area contributed by atoms with Crippen LogP contribution in [0.1, 0.15) is 33.1 Å². The highest BCUT2D eigenvalue weighted by molar-refractivity contribution is 5.90. The van der Waals surface area contributed by atoms with E-state index in [1.54, 1.807) is 28.1 Å². The predicted octanol–water partition coefficient (Wildman–Crippen LogP) is 0.645. The van der Waals surface area contributed by atoms with Gasteiger partial charge in [-0.05, 0) is 19.3 Å². The van der Waals surface area contributed by atoms with Crippen molar-refractivity contribution in [2.75, 3.05) is 80.2 Å². The zero-order valence-electron chi connectivity index (χ0n) is 21.9. The van der Waals surface area contributed by atoms with Gasteiger partial charge >= 0.3 is 12.2 Å². The number of Topliss-reactive ketones (excluding diaryl/α,β-unsaturated/α-hetero) is 1. The Balaban J connectivity index is 4.36. The molecule has 1 unspecified atom stereocenters. The summed E-state index contributed by atoms with van der Waals surface area (Å²) < 4.78 is 30.1. The minimum Gasteiger partial charge on any atom is -0.447 e. The number of nitrogens with one attached hydrogen (secondary N) is 3. The summed E-state index contributed by atoms with van der Waals surface area (Å²) in [5.74, 6) is -0.828. The minimum atomic E-state index is -0.900. The molecule has 13 heteroatoms. The van der Waals surface area contributed by atoms with Crippen LogP contribution in [0, 0.1) is 5.92 Å². The van der Waals surface area contributed by atoms with Crippen LogP contribution in [0.2, 0.25) is 0 Å². The average Bonchev–Trinajstić information content (AvgIpc) is 2.85. The summed E-state index contributed by atoms with van der Waals surface area (Å²) in [6, 6.07) is -0.900. The monoisotopic (exact) mass is 521 g/mol. The molecule has 0 saturated heterocycles. The van der Waals surface area contributed by atoms with Crippen molar-refractivity contribution < 1.29 is 47.6 Å². The SMILES string of the molecule is COCCOCCOC(=O)NCCCCC(NC(=O)OCCOCCOC)C(=O)NCC(=O)C(C)C. The van der Waals surface area contributed by atoms with Crippen molar-refractivity contribution in [3.63, 3.8) is 0 Å². The van der Waals surface area contributed by atoms with Crippen molar-refractivity contribution in [1.82, 2.24) is 16.0 Å². The molecule has 0 aromatic carbocycles. The molecule has 0 aliphatic heterocycles. The molecule has 210 valence electrons. The third-order valence-corrected chi connectivity index (χ3v) is 4.66. The second-order valence-corrected chi connectivity index (χ2v) is 7.94. The molecule has 13 nitrogen and oxygen atoms in total. The third-order valence-electron chi connectivity index (χ3n) is 4.66. The Morgan fingerprint density at radius 2 is 1.25 bits per heavy atom. The Kier molecular flexibility index (Phi) is 21.4. The first kappa shape index (κ1) is 33.5. The number of ketones is 1. The van der Waals surface area contributed by atoms with Gasteiger partial charge in [-0.15, -0.1) is 0 Å². The molecular formula is C23H43N3O10. The van der Waals surface area contributed by atoms with E-state index < -0.39 is 24.1 Å². The first-order valence-electron chi connectivity index (χ1n) is 12.1. The summed E-state index contributed by atoms with van der Waals surface area (Å²) in [7, 11) is 3.12. The summed E-state index contributed by atoms with van der Waals surface area (Å²) in [6.07, 6.45) is -0.00293. The molecule has 1 atom stereocenters. The molecule has 0 heterocycles. The van der Waals surface area contributed by atoms with Crippen LogP contribution in [0.15, 0.2) is 0 Å². The zero-order valence-corrected chi connectivity index (χ0v) is 21.9. The Hall–Kier alpha value is -2.48. The molecule has 0 aromatic rings.